The number of furan rings is 1. The summed E-state index contributed by atoms with van der Waals surface area (Å²) in [4.78, 5) is 23.3. The van der Waals surface area contributed by atoms with Gasteiger partial charge in [-0.15, -0.1) is 0 Å². The fourth-order valence-corrected chi connectivity index (χ4v) is 3.33. The number of ether oxygens (including phenoxy) is 1. The maximum absolute atomic E-state index is 12.1. The summed E-state index contributed by atoms with van der Waals surface area (Å²) in [5, 5.41) is 0.446. The molecule has 2 aromatic heterocycles. The minimum absolute atomic E-state index is 0.264. The van der Waals surface area contributed by atoms with Crippen LogP contribution < -0.4 is 5.73 Å². The molecule has 0 aliphatic carbocycles. The second-order valence-electron chi connectivity index (χ2n) is 6.44. The molecule has 0 spiro atoms. The number of carbonyl (C=O) groups excluding carboxylic acids is 1. The van der Waals surface area contributed by atoms with Gasteiger partial charge in [0, 0.05) is 6.54 Å². The third kappa shape index (κ3) is 3.21. The highest BCUT2D eigenvalue weighted by molar-refractivity contribution is 6.07. The highest BCUT2D eigenvalue weighted by atomic mass is 16.5. The number of esters is 1. The molecule has 24 heavy (non-hydrogen) atoms. The molecule has 0 bridgehead atoms. The number of anilines is 1. The molecule has 1 atom stereocenters. The normalized spacial score (nSPS) is 18.9. The number of hydrogen-bond acceptors (Lipinski definition) is 7. The van der Waals surface area contributed by atoms with Gasteiger partial charge in [0.05, 0.1) is 18.5 Å². The highest BCUT2D eigenvalue weighted by Crippen LogP contribution is 2.29. The number of fused-ring (bicyclic) bond motifs is 1. The Balaban J connectivity index is 1.92. The molecule has 1 fully saturated rings. The summed E-state index contributed by atoms with van der Waals surface area (Å²) in [5.74, 6) is 1.56. The molecule has 3 heterocycles. The van der Waals surface area contributed by atoms with Crippen molar-refractivity contribution in [1.29, 1.82) is 0 Å². The van der Waals surface area contributed by atoms with Crippen molar-refractivity contribution in [1.82, 2.24) is 14.9 Å². The van der Waals surface area contributed by atoms with E-state index < -0.39 is 5.97 Å². The van der Waals surface area contributed by atoms with Gasteiger partial charge in [0.2, 0.25) is 5.71 Å². The van der Waals surface area contributed by atoms with Gasteiger partial charge in [0.25, 0.3) is 0 Å². The van der Waals surface area contributed by atoms with Crippen molar-refractivity contribution in [3.8, 4) is 0 Å². The van der Waals surface area contributed by atoms with E-state index in [0.717, 1.165) is 13.1 Å². The van der Waals surface area contributed by atoms with E-state index in [2.05, 4.69) is 21.8 Å². The van der Waals surface area contributed by atoms with Gasteiger partial charge >= 0.3 is 5.97 Å². The average molecular weight is 332 g/mol. The first-order valence-corrected chi connectivity index (χ1v) is 8.44. The van der Waals surface area contributed by atoms with Crippen LogP contribution in [-0.4, -0.2) is 40.5 Å². The maximum atomic E-state index is 12.1. The Hall–Kier alpha value is -2.15. The highest BCUT2D eigenvalue weighted by Gasteiger charge is 2.24. The lowest BCUT2D eigenvalue weighted by Gasteiger charge is -2.30. The minimum atomic E-state index is -0.457. The van der Waals surface area contributed by atoms with Crippen LogP contribution in [0.4, 0.5) is 5.82 Å². The summed E-state index contributed by atoms with van der Waals surface area (Å²) in [6.45, 7) is 8.72. The number of aryl methyl sites for hydroxylation is 1. The molecule has 0 radical (unpaired) electrons. The van der Waals surface area contributed by atoms with Crippen LogP contribution in [0.25, 0.3) is 11.1 Å². The zero-order chi connectivity index (χ0) is 17.3. The van der Waals surface area contributed by atoms with Crippen molar-refractivity contribution >= 4 is 22.9 Å². The second-order valence-corrected chi connectivity index (χ2v) is 6.44. The molecule has 2 N–H and O–H groups in total. The van der Waals surface area contributed by atoms with Gasteiger partial charge in [0.1, 0.15) is 23.0 Å². The Morgan fingerprint density at radius 2 is 2.25 bits per heavy atom. The van der Waals surface area contributed by atoms with E-state index in [-0.39, 0.29) is 12.4 Å². The third-order valence-electron chi connectivity index (χ3n) is 4.39. The molecule has 0 saturated carbocycles. The first kappa shape index (κ1) is 16.7. The molecule has 0 unspecified atom stereocenters. The quantitative estimate of drug-likeness (QED) is 0.860. The van der Waals surface area contributed by atoms with Crippen LogP contribution in [0, 0.1) is 12.8 Å². The van der Waals surface area contributed by atoms with Gasteiger partial charge < -0.3 is 14.9 Å². The molecular weight excluding hydrogens is 308 g/mol. The van der Waals surface area contributed by atoms with E-state index in [1.807, 2.05) is 0 Å². The smallest absolute Gasteiger partial charge is 0.342 e. The number of rotatable bonds is 4. The van der Waals surface area contributed by atoms with E-state index in [1.165, 1.54) is 12.8 Å². The molecule has 1 saturated heterocycles. The number of nitrogens with two attached hydrogens (primary N) is 1. The lowest BCUT2D eigenvalue weighted by Crippen LogP contribution is -2.34. The lowest BCUT2D eigenvalue weighted by atomic mass is 10.0. The van der Waals surface area contributed by atoms with Crippen LogP contribution in [0.5, 0.6) is 0 Å². The van der Waals surface area contributed by atoms with Crippen molar-refractivity contribution in [3.63, 3.8) is 0 Å². The Bertz CT molecular complexity index is 756. The summed E-state index contributed by atoms with van der Waals surface area (Å²) in [7, 11) is 0. The van der Waals surface area contributed by atoms with E-state index in [1.54, 1.807) is 13.8 Å². The van der Waals surface area contributed by atoms with Gasteiger partial charge in [0.15, 0.2) is 0 Å². The first-order chi connectivity index (χ1) is 11.5. The second kappa shape index (κ2) is 6.76. The summed E-state index contributed by atoms with van der Waals surface area (Å²) in [6.07, 6.45) is 2.45. The van der Waals surface area contributed by atoms with Crippen LogP contribution in [0.3, 0.4) is 0 Å². The summed E-state index contributed by atoms with van der Waals surface area (Å²) < 4.78 is 10.7. The number of aromatic nitrogens is 2. The SMILES string of the molecule is CCOC(=O)c1c(C)oc2nc(CN3CCC[C@@H](C)C3)nc(N)c12. The van der Waals surface area contributed by atoms with Crippen molar-refractivity contribution in [2.24, 2.45) is 5.92 Å². The number of hydrogen-bond donors (Lipinski definition) is 1. The number of carbonyl (C=O) groups is 1. The van der Waals surface area contributed by atoms with Crippen LogP contribution in [-0.2, 0) is 11.3 Å². The van der Waals surface area contributed by atoms with Crippen molar-refractivity contribution in [3.05, 3.63) is 17.1 Å². The molecule has 7 heteroatoms. The van der Waals surface area contributed by atoms with Crippen LogP contribution in [0.2, 0.25) is 0 Å². The zero-order valence-corrected chi connectivity index (χ0v) is 14.5. The van der Waals surface area contributed by atoms with Crippen molar-refractivity contribution < 1.29 is 13.9 Å². The number of nitrogens with zero attached hydrogens (tertiary/aromatic N) is 3. The van der Waals surface area contributed by atoms with E-state index in [0.29, 0.717) is 40.7 Å². The number of likely N-dealkylation sites (tertiary alicyclic amines) is 1. The molecule has 1 aliphatic rings. The largest absolute Gasteiger partial charge is 0.462 e. The van der Waals surface area contributed by atoms with E-state index in [9.17, 15) is 4.79 Å². The van der Waals surface area contributed by atoms with Gasteiger partial charge in [-0.3, -0.25) is 4.90 Å². The topological polar surface area (TPSA) is 94.5 Å². The molecule has 130 valence electrons. The fraction of sp³-hybridized carbons (Fsp3) is 0.588. The molecule has 0 amide bonds. The van der Waals surface area contributed by atoms with E-state index >= 15 is 0 Å². The van der Waals surface area contributed by atoms with Crippen LogP contribution >= 0.6 is 0 Å². The zero-order valence-electron chi connectivity index (χ0n) is 14.5. The predicted molar refractivity (Wildman–Crippen MR) is 90.6 cm³/mol. The Morgan fingerprint density at radius 3 is 2.96 bits per heavy atom. The molecular formula is C17H24N4O3. The maximum Gasteiger partial charge on any atom is 0.342 e. The molecule has 1 aliphatic heterocycles. The number of nitrogen functional groups attached to an aromatic ring is 1. The predicted octanol–water partition coefficient (Wildman–Crippen LogP) is 2.52. The lowest BCUT2D eigenvalue weighted by molar-refractivity contribution is 0.0526. The van der Waals surface area contributed by atoms with Gasteiger partial charge in [-0.25, -0.2) is 9.78 Å². The molecule has 0 aromatic carbocycles. The number of piperidine rings is 1. The van der Waals surface area contributed by atoms with Gasteiger partial charge in [-0.05, 0) is 39.2 Å². The van der Waals surface area contributed by atoms with Gasteiger partial charge in [-0.2, -0.15) is 4.98 Å². The van der Waals surface area contributed by atoms with Crippen LogP contribution in [0.15, 0.2) is 4.42 Å². The van der Waals surface area contributed by atoms with E-state index in [4.69, 9.17) is 14.9 Å². The minimum Gasteiger partial charge on any atom is -0.462 e. The fourth-order valence-electron chi connectivity index (χ4n) is 3.33. The Morgan fingerprint density at radius 1 is 1.46 bits per heavy atom. The van der Waals surface area contributed by atoms with Crippen molar-refractivity contribution in [2.75, 3.05) is 25.4 Å². The molecule has 7 nitrogen and oxygen atoms in total. The monoisotopic (exact) mass is 332 g/mol. The standard InChI is InChI=1S/C17H24N4O3/c1-4-23-17(22)13-11(3)24-16-14(13)15(18)19-12(20-16)9-21-7-5-6-10(2)8-21/h10H,4-9H2,1-3H3,(H2,18,19,20)/t10-/m1/s1. The Kier molecular flexibility index (Phi) is 4.71. The molecule has 3 rings (SSSR count). The van der Waals surface area contributed by atoms with Gasteiger partial charge in [-0.1, -0.05) is 6.92 Å². The summed E-state index contributed by atoms with van der Waals surface area (Å²) >= 11 is 0. The molecule has 2 aromatic rings. The third-order valence-corrected chi connectivity index (χ3v) is 4.39. The first-order valence-electron chi connectivity index (χ1n) is 8.44. The summed E-state index contributed by atoms with van der Waals surface area (Å²) in [5.41, 5.74) is 6.77. The Labute approximate surface area is 141 Å². The van der Waals surface area contributed by atoms with Crippen LogP contribution in [0.1, 0.15) is 48.6 Å². The van der Waals surface area contributed by atoms with Crippen molar-refractivity contribution in [2.45, 2.75) is 40.2 Å². The average Bonchev–Trinajstić information content (AvgIpc) is 2.84. The summed E-state index contributed by atoms with van der Waals surface area (Å²) in [6, 6.07) is 0.